The van der Waals surface area contributed by atoms with E-state index in [1.54, 1.807) is 0 Å². The zero-order chi connectivity index (χ0) is 30.2. The number of halogens is 2. The molecule has 3 rings (SSSR count). The maximum absolute atomic E-state index is 14.1. The van der Waals surface area contributed by atoms with Crippen LogP contribution >= 0.6 is 27.5 Å². The highest BCUT2D eigenvalue weighted by Crippen LogP contribution is 2.30. The molecule has 0 saturated carbocycles. The molecule has 0 spiro atoms. The zero-order valence-electron chi connectivity index (χ0n) is 23.5. The van der Waals surface area contributed by atoms with Gasteiger partial charge in [0.05, 0.1) is 24.1 Å². The quantitative estimate of drug-likeness (QED) is 0.263. The van der Waals surface area contributed by atoms with Crippen molar-refractivity contribution in [2.24, 2.45) is 0 Å². The number of carbonyl (C=O) groups excluding carboxylic acids is 2. The molecule has 3 aromatic rings. The molecule has 2 amide bonds. The molecular formula is C30H35BrClN3O5S. The van der Waals surface area contributed by atoms with Crippen LogP contribution in [0.5, 0.6) is 5.75 Å². The molecule has 0 aliphatic carbocycles. The Labute approximate surface area is 255 Å². The number of rotatable bonds is 13. The summed E-state index contributed by atoms with van der Waals surface area (Å²) in [5.74, 6) is -0.478. The summed E-state index contributed by atoms with van der Waals surface area (Å²) in [6.07, 6.45) is 1.98. The van der Waals surface area contributed by atoms with Crippen LogP contribution in [0.1, 0.15) is 31.4 Å². The van der Waals surface area contributed by atoms with Crippen LogP contribution in [0.25, 0.3) is 0 Å². The molecule has 0 bridgehead atoms. The van der Waals surface area contributed by atoms with E-state index in [-0.39, 0.29) is 35.6 Å². The van der Waals surface area contributed by atoms with Crippen LogP contribution in [0, 0.1) is 0 Å². The lowest BCUT2D eigenvalue weighted by atomic mass is 10.0. The molecule has 0 heterocycles. The summed E-state index contributed by atoms with van der Waals surface area (Å²) in [4.78, 5) is 29.3. The number of sulfonamides is 1. The van der Waals surface area contributed by atoms with Crippen molar-refractivity contribution in [3.63, 3.8) is 0 Å². The van der Waals surface area contributed by atoms with E-state index in [1.165, 1.54) is 30.2 Å². The van der Waals surface area contributed by atoms with E-state index in [2.05, 4.69) is 21.2 Å². The van der Waals surface area contributed by atoms with Gasteiger partial charge in [0.1, 0.15) is 18.3 Å². The minimum absolute atomic E-state index is 0.0957. The van der Waals surface area contributed by atoms with Crippen molar-refractivity contribution >= 4 is 55.1 Å². The third kappa shape index (κ3) is 9.21. The van der Waals surface area contributed by atoms with Gasteiger partial charge in [0, 0.05) is 23.5 Å². The normalized spacial score (nSPS) is 12.7. The Morgan fingerprint density at radius 3 is 2.24 bits per heavy atom. The van der Waals surface area contributed by atoms with Gasteiger partial charge in [0.15, 0.2) is 0 Å². The van der Waals surface area contributed by atoms with Crippen LogP contribution in [0.3, 0.4) is 0 Å². The molecule has 0 fully saturated rings. The van der Waals surface area contributed by atoms with E-state index in [9.17, 15) is 18.0 Å². The first kappa shape index (κ1) is 32.4. The smallest absolute Gasteiger partial charge is 0.244 e. The minimum atomic E-state index is -3.91. The van der Waals surface area contributed by atoms with Gasteiger partial charge in [-0.2, -0.15) is 0 Å². The molecule has 0 aromatic heterocycles. The SMILES string of the molecule is CC[C@@H](C)NC(=O)[C@@H](Cc1ccccc1)N(Cc1ccc(Br)cc1)C(=O)CN(c1ccc(OC)c(Cl)c1)S(C)(=O)=O. The monoisotopic (exact) mass is 663 g/mol. The Hall–Kier alpha value is -3.08. The lowest BCUT2D eigenvalue weighted by molar-refractivity contribution is -0.140. The van der Waals surface area contributed by atoms with Crippen LogP contribution in [-0.2, 0) is 32.6 Å². The topological polar surface area (TPSA) is 96.0 Å². The molecule has 41 heavy (non-hydrogen) atoms. The fraction of sp³-hybridized carbons (Fsp3) is 0.333. The van der Waals surface area contributed by atoms with Crippen LogP contribution in [0.2, 0.25) is 5.02 Å². The number of ether oxygens (including phenoxy) is 1. The number of hydrogen-bond donors (Lipinski definition) is 1. The van der Waals surface area contributed by atoms with Gasteiger partial charge >= 0.3 is 0 Å². The van der Waals surface area contributed by atoms with E-state index < -0.39 is 28.5 Å². The third-order valence-electron chi connectivity index (χ3n) is 6.64. The van der Waals surface area contributed by atoms with Crippen molar-refractivity contribution in [1.82, 2.24) is 10.2 Å². The number of hydrogen-bond acceptors (Lipinski definition) is 5. The van der Waals surface area contributed by atoms with Crippen molar-refractivity contribution in [3.05, 3.63) is 93.4 Å². The fourth-order valence-electron chi connectivity index (χ4n) is 4.21. The van der Waals surface area contributed by atoms with E-state index in [0.29, 0.717) is 12.2 Å². The number of benzene rings is 3. The number of anilines is 1. The van der Waals surface area contributed by atoms with Crippen LogP contribution in [0.4, 0.5) is 5.69 Å². The van der Waals surface area contributed by atoms with Crippen LogP contribution in [-0.4, -0.2) is 57.1 Å². The summed E-state index contributed by atoms with van der Waals surface area (Å²) >= 11 is 9.72. The van der Waals surface area contributed by atoms with E-state index in [4.69, 9.17) is 16.3 Å². The summed E-state index contributed by atoms with van der Waals surface area (Å²) in [5, 5.41) is 3.21. The average Bonchev–Trinajstić information content (AvgIpc) is 2.94. The molecule has 3 aromatic carbocycles. The standard InChI is InChI=1S/C30H35BrClN3O5S/c1-5-21(2)33-30(37)27(17-22-9-7-6-8-10-22)34(19-23-11-13-24(31)14-12-23)29(36)20-35(41(4,38)39)25-15-16-28(40-3)26(32)18-25/h6-16,18,21,27H,5,17,19-20H2,1-4H3,(H,33,37)/t21-,27-/m1/s1. The molecule has 2 atom stereocenters. The molecule has 0 radical (unpaired) electrons. The van der Waals surface area contributed by atoms with Gasteiger partial charge in [0.25, 0.3) is 0 Å². The van der Waals surface area contributed by atoms with Crippen molar-refractivity contribution in [2.45, 2.75) is 45.3 Å². The van der Waals surface area contributed by atoms with Gasteiger partial charge in [-0.1, -0.05) is 76.9 Å². The van der Waals surface area contributed by atoms with E-state index in [0.717, 1.165) is 26.2 Å². The van der Waals surface area contributed by atoms with Gasteiger partial charge in [-0.3, -0.25) is 13.9 Å². The summed E-state index contributed by atoms with van der Waals surface area (Å²) in [7, 11) is -2.46. The Morgan fingerprint density at radius 2 is 1.68 bits per heavy atom. The molecule has 0 unspecified atom stereocenters. The number of carbonyl (C=O) groups is 2. The van der Waals surface area contributed by atoms with Crippen LogP contribution < -0.4 is 14.4 Å². The highest BCUT2D eigenvalue weighted by Gasteiger charge is 2.33. The second-order valence-electron chi connectivity index (χ2n) is 9.76. The molecule has 220 valence electrons. The van der Waals surface area contributed by atoms with Crippen LogP contribution in [0.15, 0.2) is 77.3 Å². The lowest BCUT2D eigenvalue weighted by Crippen LogP contribution is -2.54. The van der Waals surface area contributed by atoms with Crippen molar-refractivity contribution in [3.8, 4) is 5.75 Å². The fourth-order valence-corrected chi connectivity index (χ4v) is 5.56. The molecular weight excluding hydrogens is 630 g/mol. The molecule has 0 aliphatic rings. The summed E-state index contributed by atoms with van der Waals surface area (Å²) in [6.45, 7) is 3.43. The van der Waals surface area contributed by atoms with Gasteiger partial charge in [0.2, 0.25) is 21.8 Å². The van der Waals surface area contributed by atoms with Crippen molar-refractivity contribution in [2.75, 3.05) is 24.2 Å². The Morgan fingerprint density at radius 1 is 1.02 bits per heavy atom. The predicted molar refractivity (Wildman–Crippen MR) is 167 cm³/mol. The van der Waals surface area contributed by atoms with Gasteiger partial charge < -0.3 is 15.0 Å². The summed E-state index contributed by atoms with van der Waals surface area (Å²) < 4.78 is 32.9. The second-order valence-corrected chi connectivity index (χ2v) is 13.0. The first-order chi connectivity index (χ1) is 19.4. The minimum Gasteiger partial charge on any atom is -0.495 e. The van der Waals surface area contributed by atoms with Gasteiger partial charge in [-0.25, -0.2) is 8.42 Å². The lowest BCUT2D eigenvalue weighted by Gasteiger charge is -2.34. The maximum atomic E-state index is 14.1. The van der Waals surface area contributed by atoms with Gasteiger partial charge in [-0.05, 0) is 54.8 Å². The number of nitrogens with zero attached hydrogens (tertiary/aromatic N) is 2. The van der Waals surface area contributed by atoms with Crippen molar-refractivity contribution < 1.29 is 22.7 Å². The first-order valence-electron chi connectivity index (χ1n) is 13.1. The van der Waals surface area contributed by atoms with Gasteiger partial charge in [-0.15, -0.1) is 0 Å². The Balaban J connectivity index is 2.06. The Kier molecular flexibility index (Phi) is 11.6. The molecule has 0 saturated heterocycles. The third-order valence-corrected chi connectivity index (χ3v) is 8.61. The Bertz CT molecular complexity index is 1440. The molecule has 11 heteroatoms. The summed E-state index contributed by atoms with van der Waals surface area (Å²) in [6, 6.07) is 20.3. The van der Waals surface area contributed by atoms with Crippen molar-refractivity contribution in [1.29, 1.82) is 0 Å². The second kappa shape index (κ2) is 14.7. The highest BCUT2D eigenvalue weighted by molar-refractivity contribution is 9.10. The zero-order valence-corrected chi connectivity index (χ0v) is 26.7. The highest BCUT2D eigenvalue weighted by atomic mass is 79.9. The first-order valence-corrected chi connectivity index (χ1v) is 16.1. The van der Waals surface area contributed by atoms with E-state index in [1.807, 2.05) is 68.4 Å². The number of methoxy groups -OCH3 is 1. The molecule has 1 N–H and O–H groups in total. The number of amides is 2. The maximum Gasteiger partial charge on any atom is 0.244 e. The molecule has 0 aliphatic heterocycles. The number of nitrogens with one attached hydrogen (secondary N) is 1. The van der Waals surface area contributed by atoms with E-state index >= 15 is 0 Å². The predicted octanol–water partition coefficient (Wildman–Crippen LogP) is 5.43. The molecule has 8 nitrogen and oxygen atoms in total. The summed E-state index contributed by atoms with van der Waals surface area (Å²) in [5.41, 5.74) is 1.86. The average molecular weight is 665 g/mol. The largest absolute Gasteiger partial charge is 0.495 e.